The first kappa shape index (κ1) is 27.9. The molecule has 6 rings (SSSR count). The molecule has 13 heteroatoms. The van der Waals surface area contributed by atoms with Crippen LogP contribution in [0.5, 0.6) is 11.5 Å². The Labute approximate surface area is 245 Å². The number of ketones is 3. The Kier molecular flexibility index (Phi) is 6.49. The van der Waals surface area contributed by atoms with Crippen molar-refractivity contribution in [2.24, 2.45) is 4.99 Å². The van der Waals surface area contributed by atoms with Gasteiger partial charge in [-0.15, -0.1) is 0 Å². The van der Waals surface area contributed by atoms with Crippen molar-refractivity contribution in [3.8, 4) is 11.5 Å². The number of Topliss-reactive ketones (excluding diaryl/α,β-unsaturated/α-hetero) is 1. The molecular weight excluding hydrogens is 578 g/mol. The van der Waals surface area contributed by atoms with E-state index in [1.807, 2.05) is 0 Å². The molecule has 44 heavy (non-hydrogen) atoms. The average Bonchev–Trinajstić information content (AvgIpc) is 3.60. The summed E-state index contributed by atoms with van der Waals surface area (Å²) in [5.41, 5.74) is -1.65. The second kappa shape index (κ2) is 10.2. The van der Waals surface area contributed by atoms with Gasteiger partial charge in [-0.25, -0.2) is 9.59 Å². The molecule has 0 bridgehead atoms. The van der Waals surface area contributed by atoms with Crippen molar-refractivity contribution in [1.82, 2.24) is 0 Å². The first-order chi connectivity index (χ1) is 21.0. The molecule has 2 aromatic carbocycles. The van der Waals surface area contributed by atoms with Crippen molar-refractivity contribution in [3.05, 3.63) is 87.6 Å². The van der Waals surface area contributed by atoms with Crippen LogP contribution in [0.25, 0.3) is 28.0 Å². The Morgan fingerprint density at radius 3 is 2.27 bits per heavy atom. The molecule has 0 unspecified atom stereocenters. The molecule has 0 spiro atoms. The van der Waals surface area contributed by atoms with Crippen LogP contribution in [0.1, 0.15) is 43.1 Å². The number of hydrogen-bond donors (Lipinski definition) is 4. The third-order valence-electron chi connectivity index (χ3n) is 7.19. The number of ether oxygens (including phenoxy) is 2. The minimum atomic E-state index is -1.76. The van der Waals surface area contributed by atoms with Gasteiger partial charge in [0.25, 0.3) is 0 Å². The number of methoxy groups -OCH3 is 1. The number of fused-ring (bicyclic) bond motifs is 5. The number of furan rings is 1. The zero-order valence-electron chi connectivity index (χ0n) is 22.5. The monoisotopic (exact) mass is 597 g/mol. The molecule has 0 saturated heterocycles. The smallest absolute Gasteiger partial charge is 0.340 e. The first-order valence-electron chi connectivity index (χ1n) is 12.9. The molecule has 0 saturated carbocycles. The maximum atomic E-state index is 13.4. The van der Waals surface area contributed by atoms with Crippen LogP contribution in [0, 0.1) is 0 Å². The third-order valence-corrected chi connectivity index (χ3v) is 7.19. The summed E-state index contributed by atoms with van der Waals surface area (Å²) >= 11 is 0. The van der Waals surface area contributed by atoms with Crippen molar-refractivity contribution in [1.29, 1.82) is 0 Å². The van der Waals surface area contributed by atoms with Gasteiger partial charge >= 0.3 is 11.9 Å². The summed E-state index contributed by atoms with van der Waals surface area (Å²) in [6, 6.07) is 2.12. The van der Waals surface area contributed by atoms with E-state index >= 15 is 0 Å². The summed E-state index contributed by atoms with van der Waals surface area (Å²) in [5, 5.41) is 40.5. The number of phenols is 2. The van der Waals surface area contributed by atoms with Gasteiger partial charge in [0.1, 0.15) is 39.7 Å². The van der Waals surface area contributed by atoms with E-state index in [-0.39, 0.29) is 50.6 Å². The van der Waals surface area contributed by atoms with Crippen LogP contribution in [-0.2, 0) is 19.1 Å². The Hall–Kier alpha value is -6.24. The van der Waals surface area contributed by atoms with Gasteiger partial charge in [0.15, 0.2) is 11.5 Å². The number of phenolic OH excluding ortho intramolecular Hbond substituents is 1. The number of nitrogens with zero attached hydrogens (tertiary/aromatic N) is 1. The van der Waals surface area contributed by atoms with E-state index < -0.39 is 51.7 Å². The van der Waals surface area contributed by atoms with Gasteiger partial charge < -0.3 is 34.3 Å². The number of allylic oxidation sites excluding steroid dienone is 5. The molecule has 3 aromatic rings. The fourth-order valence-electron chi connectivity index (χ4n) is 5.24. The Morgan fingerprint density at radius 1 is 0.864 bits per heavy atom. The van der Waals surface area contributed by atoms with E-state index in [9.17, 15) is 44.4 Å². The Balaban J connectivity index is 1.53. The molecule has 0 fully saturated rings. The van der Waals surface area contributed by atoms with Crippen molar-refractivity contribution >= 4 is 63.0 Å². The van der Waals surface area contributed by atoms with Gasteiger partial charge in [0.2, 0.25) is 17.3 Å². The SMILES string of the molecule is COC1=C(OC2=CC(=O)C3=NCCC3=C2)/C=C/C(=O)C(=O)c2c(cc3oc4cc(C(=O)O)c(C(=O)O)c(O)c4c3c2O)\C=C\1. The molecule has 2 aliphatic carbocycles. The predicted molar refractivity (Wildman–Crippen MR) is 152 cm³/mol. The lowest BCUT2D eigenvalue weighted by atomic mass is 9.94. The zero-order chi connectivity index (χ0) is 31.4. The second-order valence-electron chi connectivity index (χ2n) is 9.75. The molecule has 2 heterocycles. The number of hydrogen-bond acceptors (Lipinski definition) is 11. The number of aliphatic imine (C=N–C) groups is 1. The molecule has 3 aliphatic rings. The Bertz CT molecular complexity index is 2100. The standard InChI is InChI=1S/C31H19NO12/c1-42-18-4-2-12-9-20-24(25-21(44-20)11-15(30(38)39)23(29(25)37)31(40)41)28(36)22(12)27(35)16(33)3-5-19(18)43-14-8-13-6-7-32-26(13)17(34)10-14/h2-5,8-11,36-37H,6-7H2,1H3,(H,38,39)(H,40,41)/b4-2+,5-3+,19-18-. The van der Waals surface area contributed by atoms with E-state index in [2.05, 4.69) is 4.99 Å². The third kappa shape index (κ3) is 4.34. The highest BCUT2D eigenvalue weighted by molar-refractivity contribution is 6.51. The summed E-state index contributed by atoms with van der Waals surface area (Å²) in [6.45, 7) is 0.477. The molecule has 1 aromatic heterocycles. The molecule has 220 valence electrons. The molecular formula is C31H19NO12. The van der Waals surface area contributed by atoms with Crippen LogP contribution in [0.4, 0.5) is 0 Å². The van der Waals surface area contributed by atoms with Crippen LogP contribution in [0.3, 0.4) is 0 Å². The summed E-state index contributed by atoms with van der Waals surface area (Å²) in [6.07, 6.45) is 8.19. The van der Waals surface area contributed by atoms with Crippen LogP contribution < -0.4 is 0 Å². The zero-order valence-corrected chi connectivity index (χ0v) is 22.5. The molecule has 0 atom stereocenters. The van der Waals surface area contributed by atoms with Crippen molar-refractivity contribution in [2.75, 3.05) is 13.7 Å². The van der Waals surface area contributed by atoms with Gasteiger partial charge in [-0.2, -0.15) is 0 Å². The largest absolute Gasteiger partial charge is 0.506 e. The van der Waals surface area contributed by atoms with E-state index in [0.29, 0.717) is 24.3 Å². The van der Waals surface area contributed by atoms with Gasteiger partial charge in [0.05, 0.1) is 29.0 Å². The molecule has 4 N–H and O–H groups in total. The lowest BCUT2D eigenvalue weighted by molar-refractivity contribution is -0.111. The highest BCUT2D eigenvalue weighted by atomic mass is 16.5. The highest BCUT2D eigenvalue weighted by Gasteiger charge is 2.31. The summed E-state index contributed by atoms with van der Waals surface area (Å²) in [7, 11) is 1.32. The van der Waals surface area contributed by atoms with E-state index in [4.69, 9.17) is 13.9 Å². The van der Waals surface area contributed by atoms with Crippen molar-refractivity contribution in [2.45, 2.75) is 6.42 Å². The average molecular weight is 597 g/mol. The maximum absolute atomic E-state index is 13.4. The van der Waals surface area contributed by atoms with Crippen LogP contribution >= 0.6 is 0 Å². The lowest BCUT2D eigenvalue weighted by Crippen LogP contribution is -2.16. The fourth-order valence-corrected chi connectivity index (χ4v) is 5.24. The molecule has 0 radical (unpaired) electrons. The quantitative estimate of drug-likeness (QED) is 0.244. The number of aromatic hydroxyl groups is 2. The van der Waals surface area contributed by atoms with Gasteiger partial charge in [-0.1, -0.05) is 6.08 Å². The molecule has 1 aliphatic heterocycles. The number of carbonyl (C=O) groups excluding carboxylic acids is 3. The summed E-state index contributed by atoms with van der Waals surface area (Å²) < 4.78 is 17.0. The predicted octanol–water partition coefficient (Wildman–Crippen LogP) is 3.84. The van der Waals surface area contributed by atoms with Gasteiger partial charge in [-0.3, -0.25) is 19.4 Å². The number of aromatic carboxylic acids is 2. The minimum absolute atomic E-state index is 0.0241. The number of carboxylic acid groups (broad SMARTS) is 2. The van der Waals surface area contributed by atoms with Crippen LogP contribution in [-0.4, -0.2) is 69.1 Å². The summed E-state index contributed by atoms with van der Waals surface area (Å²) in [5.74, 6) is -7.64. The molecule has 0 amide bonds. The minimum Gasteiger partial charge on any atom is -0.506 e. The number of carbonyl (C=O) groups is 5. The van der Waals surface area contributed by atoms with E-state index in [1.54, 1.807) is 6.08 Å². The fraction of sp³-hybridized carbons (Fsp3) is 0.0968. The van der Waals surface area contributed by atoms with Crippen molar-refractivity contribution < 1.29 is 58.3 Å². The number of benzene rings is 2. The number of carboxylic acids is 2. The topological polar surface area (TPSA) is 210 Å². The first-order valence-corrected chi connectivity index (χ1v) is 12.9. The highest BCUT2D eigenvalue weighted by Crippen LogP contribution is 2.45. The molecule has 13 nitrogen and oxygen atoms in total. The van der Waals surface area contributed by atoms with E-state index in [0.717, 1.165) is 18.2 Å². The van der Waals surface area contributed by atoms with Crippen LogP contribution in [0.2, 0.25) is 0 Å². The van der Waals surface area contributed by atoms with E-state index in [1.165, 1.54) is 31.4 Å². The van der Waals surface area contributed by atoms with Crippen LogP contribution in [0.15, 0.2) is 74.8 Å². The van der Waals surface area contributed by atoms with Crippen molar-refractivity contribution in [3.63, 3.8) is 0 Å². The maximum Gasteiger partial charge on any atom is 0.340 e. The van der Waals surface area contributed by atoms with Gasteiger partial charge in [0, 0.05) is 12.6 Å². The Morgan fingerprint density at radius 2 is 1.57 bits per heavy atom. The normalized spacial score (nSPS) is 19.6. The number of rotatable bonds is 5. The van der Waals surface area contributed by atoms with Gasteiger partial charge in [-0.05, 0) is 54.0 Å². The summed E-state index contributed by atoms with van der Waals surface area (Å²) in [4.78, 5) is 66.5. The second-order valence-corrected chi connectivity index (χ2v) is 9.75. The lowest BCUT2D eigenvalue weighted by Gasteiger charge is -2.15.